The van der Waals surface area contributed by atoms with Crippen LogP contribution >= 0.6 is 0 Å². The van der Waals surface area contributed by atoms with Crippen molar-refractivity contribution >= 4 is 37.3 Å². The highest BCUT2D eigenvalue weighted by atomic mass is 32.2. The van der Waals surface area contributed by atoms with Crippen LogP contribution in [0.25, 0.3) is 0 Å². The number of carbonyl (C=O) groups is 1. The van der Waals surface area contributed by atoms with Crippen molar-refractivity contribution in [1.82, 2.24) is 0 Å². The van der Waals surface area contributed by atoms with Crippen molar-refractivity contribution in [1.29, 1.82) is 5.26 Å². The van der Waals surface area contributed by atoms with Crippen LogP contribution in [0.4, 0.5) is 11.4 Å². The zero-order chi connectivity index (χ0) is 18.9. The Morgan fingerprint density at radius 1 is 1.12 bits per heavy atom. The predicted molar refractivity (Wildman–Crippen MR) is 94.3 cm³/mol. The molecule has 8 nitrogen and oxygen atoms in total. The molecule has 1 amide bonds. The van der Waals surface area contributed by atoms with Crippen LogP contribution < -0.4 is 9.03 Å². The van der Waals surface area contributed by atoms with Crippen molar-refractivity contribution in [2.24, 2.45) is 0 Å². The number of nitriles is 1. The molecule has 0 radical (unpaired) electrons. The molecule has 2 aromatic carbocycles. The minimum absolute atomic E-state index is 0.0953. The molecule has 3 rings (SSSR count). The molecular formula is C16H13N3O5S2. The molecule has 0 aromatic heterocycles. The lowest BCUT2D eigenvalue weighted by Crippen LogP contribution is -2.29. The Labute approximate surface area is 150 Å². The van der Waals surface area contributed by atoms with E-state index in [1.54, 1.807) is 12.1 Å². The van der Waals surface area contributed by atoms with Gasteiger partial charge in [0.2, 0.25) is 15.9 Å². The Kier molecular flexibility index (Phi) is 4.43. The average molecular weight is 391 g/mol. The minimum atomic E-state index is -3.93. The van der Waals surface area contributed by atoms with Crippen molar-refractivity contribution in [2.45, 2.75) is 11.3 Å². The second-order valence-electron chi connectivity index (χ2n) is 5.52. The minimum Gasteiger partial charge on any atom is -0.280 e. The third kappa shape index (κ3) is 3.40. The van der Waals surface area contributed by atoms with Gasteiger partial charge in [0.1, 0.15) is 0 Å². The van der Waals surface area contributed by atoms with Crippen LogP contribution in [0.5, 0.6) is 0 Å². The summed E-state index contributed by atoms with van der Waals surface area (Å²) >= 11 is 0. The van der Waals surface area contributed by atoms with Crippen molar-refractivity contribution in [3.05, 3.63) is 54.1 Å². The maximum Gasteiger partial charge on any atom is 0.261 e. The van der Waals surface area contributed by atoms with Gasteiger partial charge < -0.3 is 0 Å². The second kappa shape index (κ2) is 6.44. The number of sulfonamides is 2. The van der Waals surface area contributed by atoms with E-state index < -0.39 is 26.0 Å². The van der Waals surface area contributed by atoms with Gasteiger partial charge in [0, 0.05) is 6.42 Å². The molecule has 1 aliphatic heterocycles. The number of benzene rings is 2. The first-order valence-corrected chi connectivity index (χ1v) is 10.5. The maximum absolute atomic E-state index is 12.4. The van der Waals surface area contributed by atoms with Crippen LogP contribution in [0.15, 0.2) is 53.4 Å². The Morgan fingerprint density at radius 3 is 2.38 bits per heavy atom. The Morgan fingerprint density at radius 2 is 1.81 bits per heavy atom. The number of rotatable bonds is 4. The molecule has 0 aliphatic carbocycles. The summed E-state index contributed by atoms with van der Waals surface area (Å²) in [5, 5.41) is 8.87. The Hall–Kier alpha value is -2.90. The molecule has 0 unspecified atom stereocenters. The zero-order valence-corrected chi connectivity index (χ0v) is 14.9. The highest BCUT2D eigenvalue weighted by molar-refractivity contribution is 7.94. The molecule has 0 spiro atoms. The van der Waals surface area contributed by atoms with Crippen LogP contribution in [0.1, 0.15) is 12.0 Å². The Balaban J connectivity index is 1.88. The lowest BCUT2D eigenvalue weighted by Gasteiger charge is -2.15. The average Bonchev–Trinajstić information content (AvgIpc) is 2.87. The number of amides is 1. The van der Waals surface area contributed by atoms with Crippen molar-refractivity contribution < 1.29 is 21.6 Å². The van der Waals surface area contributed by atoms with Crippen LogP contribution in [-0.4, -0.2) is 28.5 Å². The summed E-state index contributed by atoms with van der Waals surface area (Å²) in [5.74, 6) is -0.810. The van der Waals surface area contributed by atoms with E-state index >= 15 is 0 Å². The third-order valence-electron chi connectivity index (χ3n) is 3.70. The molecule has 26 heavy (non-hydrogen) atoms. The fourth-order valence-corrected chi connectivity index (χ4v) is 5.00. The Bertz CT molecular complexity index is 1120. The van der Waals surface area contributed by atoms with Gasteiger partial charge in [0.05, 0.1) is 33.7 Å². The summed E-state index contributed by atoms with van der Waals surface area (Å²) in [6.07, 6.45) is -0.0980. The number of hydrogen-bond acceptors (Lipinski definition) is 6. The molecule has 1 fully saturated rings. The van der Waals surface area contributed by atoms with Gasteiger partial charge in [-0.2, -0.15) is 5.26 Å². The van der Waals surface area contributed by atoms with E-state index in [0.29, 0.717) is 9.87 Å². The SMILES string of the molecule is N#Cc1cccc(NS(=O)(=O)c2ccc(N3C(=O)CCS3(=O)=O)cc2)c1. The molecular weight excluding hydrogens is 378 g/mol. The van der Waals surface area contributed by atoms with Crippen LogP contribution in [0.2, 0.25) is 0 Å². The number of anilines is 2. The molecule has 0 saturated carbocycles. The van der Waals surface area contributed by atoms with Gasteiger partial charge in [0.25, 0.3) is 10.0 Å². The number of nitrogens with one attached hydrogen (secondary N) is 1. The summed E-state index contributed by atoms with van der Waals surface area (Å²) in [5.41, 5.74) is 0.627. The summed E-state index contributed by atoms with van der Waals surface area (Å²) in [7, 11) is -7.64. The molecule has 0 bridgehead atoms. The van der Waals surface area contributed by atoms with Crippen LogP contribution in [0, 0.1) is 11.3 Å². The number of nitrogens with zero attached hydrogens (tertiary/aromatic N) is 2. The third-order valence-corrected chi connectivity index (χ3v) is 6.79. The van der Waals surface area contributed by atoms with E-state index in [-0.39, 0.29) is 28.4 Å². The summed E-state index contributed by atoms with van der Waals surface area (Å²) in [4.78, 5) is 11.7. The summed E-state index contributed by atoms with van der Waals surface area (Å²) in [6, 6.07) is 12.9. The van der Waals surface area contributed by atoms with Gasteiger partial charge in [-0.25, -0.2) is 21.1 Å². The zero-order valence-electron chi connectivity index (χ0n) is 13.3. The quantitative estimate of drug-likeness (QED) is 0.840. The highest BCUT2D eigenvalue weighted by Gasteiger charge is 2.36. The smallest absolute Gasteiger partial charge is 0.261 e. The monoisotopic (exact) mass is 391 g/mol. The van der Waals surface area contributed by atoms with Crippen molar-refractivity contribution in [3.63, 3.8) is 0 Å². The van der Waals surface area contributed by atoms with Crippen LogP contribution in [-0.2, 0) is 24.8 Å². The van der Waals surface area contributed by atoms with Gasteiger partial charge in [-0.3, -0.25) is 9.52 Å². The first kappa shape index (κ1) is 17.9. The van der Waals surface area contributed by atoms with Gasteiger partial charge in [-0.05, 0) is 42.5 Å². The molecule has 2 aromatic rings. The van der Waals surface area contributed by atoms with E-state index in [1.165, 1.54) is 36.4 Å². The van der Waals surface area contributed by atoms with E-state index in [1.807, 2.05) is 6.07 Å². The summed E-state index contributed by atoms with van der Waals surface area (Å²) < 4.78 is 51.7. The van der Waals surface area contributed by atoms with Gasteiger partial charge >= 0.3 is 0 Å². The van der Waals surface area contributed by atoms with Crippen molar-refractivity contribution in [2.75, 3.05) is 14.8 Å². The molecule has 0 atom stereocenters. The van der Waals surface area contributed by atoms with E-state index in [4.69, 9.17) is 5.26 Å². The van der Waals surface area contributed by atoms with Gasteiger partial charge in [-0.15, -0.1) is 0 Å². The molecule has 10 heteroatoms. The van der Waals surface area contributed by atoms with Gasteiger partial charge in [-0.1, -0.05) is 6.07 Å². The van der Waals surface area contributed by atoms with Crippen LogP contribution in [0.3, 0.4) is 0 Å². The van der Waals surface area contributed by atoms with E-state index in [0.717, 1.165) is 0 Å². The lowest BCUT2D eigenvalue weighted by molar-refractivity contribution is -0.116. The first-order valence-electron chi connectivity index (χ1n) is 7.42. The van der Waals surface area contributed by atoms with Gasteiger partial charge in [0.15, 0.2) is 0 Å². The first-order chi connectivity index (χ1) is 12.2. The second-order valence-corrected chi connectivity index (χ2v) is 9.14. The fraction of sp³-hybridized carbons (Fsp3) is 0.125. The highest BCUT2D eigenvalue weighted by Crippen LogP contribution is 2.27. The lowest BCUT2D eigenvalue weighted by atomic mass is 10.2. The molecule has 1 saturated heterocycles. The number of carbonyl (C=O) groups excluding carboxylic acids is 1. The maximum atomic E-state index is 12.4. The number of hydrogen-bond donors (Lipinski definition) is 1. The standard InChI is InChI=1S/C16H13N3O5S2/c17-11-12-2-1-3-13(10-12)18-26(23,24)15-6-4-14(5-7-15)19-16(20)8-9-25(19,21)22/h1-7,10,18H,8-9H2. The topological polar surface area (TPSA) is 124 Å². The normalized spacial score (nSPS) is 16.3. The van der Waals surface area contributed by atoms with E-state index in [2.05, 4.69) is 4.72 Å². The van der Waals surface area contributed by atoms with Crippen molar-refractivity contribution in [3.8, 4) is 6.07 Å². The van der Waals surface area contributed by atoms with E-state index in [9.17, 15) is 21.6 Å². The predicted octanol–water partition coefficient (Wildman–Crippen LogP) is 1.43. The molecule has 1 N–H and O–H groups in total. The summed E-state index contributed by atoms with van der Waals surface area (Å²) in [6.45, 7) is 0. The molecule has 134 valence electrons. The largest absolute Gasteiger partial charge is 0.280 e. The molecule has 1 aliphatic rings. The molecule has 1 heterocycles. The fourth-order valence-electron chi connectivity index (χ4n) is 2.50.